The molecule has 1 amide bonds. The first-order valence-electron chi connectivity index (χ1n) is 6.56. The van der Waals surface area contributed by atoms with Crippen molar-refractivity contribution in [2.24, 2.45) is 0 Å². The molecule has 0 aliphatic carbocycles. The quantitative estimate of drug-likeness (QED) is 0.780. The Kier molecular flexibility index (Phi) is 4.28. The second-order valence-electron chi connectivity index (χ2n) is 4.92. The highest BCUT2D eigenvalue weighted by molar-refractivity contribution is 6.07. The Balaban J connectivity index is 2.35. The van der Waals surface area contributed by atoms with Gasteiger partial charge in [-0.15, -0.1) is 0 Å². The lowest BCUT2D eigenvalue weighted by Gasteiger charge is -2.13. The number of rotatable bonds is 5. The molecule has 0 radical (unpaired) electrons. The zero-order chi connectivity index (χ0) is 15.6. The largest absolute Gasteiger partial charge is 0.480 e. The maximum atomic E-state index is 12.3. The lowest BCUT2D eigenvalue weighted by atomic mass is 10.1. The van der Waals surface area contributed by atoms with Crippen molar-refractivity contribution in [3.8, 4) is 0 Å². The standard InChI is InChI=1S/C15H18N2O4/c1-8-9(2)16-13-10(8)5-4-6-11(13)14(18)17-12(7-21-3)15(19)20/h4-6,12,16H,7H2,1-3H3,(H,17,18)(H,19,20). The average molecular weight is 290 g/mol. The zero-order valence-corrected chi connectivity index (χ0v) is 12.2. The number of para-hydroxylation sites is 1. The predicted octanol–water partition coefficient (Wildman–Crippen LogP) is 1.61. The molecular formula is C15H18N2O4. The summed E-state index contributed by atoms with van der Waals surface area (Å²) in [4.78, 5) is 26.6. The first kappa shape index (κ1) is 15.1. The van der Waals surface area contributed by atoms with E-state index in [1.165, 1.54) is 7.11 Å². The lowest BCUT2D eigenvalue weighted by molar-refractivity contribution is -0.140. The highest BCUT2D eigenvalue weighted by Gasteiger charge is 2.22. The molecule has 6 nitrogen and oxygen atoms in total. The molecule has 2 aromatic rings. The molecular weight excluding hydrogens is 272 g/mol. The molecule has 0 saturated heterocycles. The van der Waals surface area contributed by atoms with Crippen LogP contribution in [-0.4, -0.2) is 41.7 Å². The number of carbonyl (C=O) groups is 2. The van der Waals surface area contributed by atoms with Gasteiger partial charge in [-0.1, -0.05) is 12.1 Å². The summed E-state index contributed by atoms with van der Waals surface area (Å²) in [6.07, 6.45) is 0. The van der Waals surface area contributed by atoms with Crippen molar-refractivity contribution < 1.29 is 19.4 Å². The minimum atomic E-state index is -1.13. The van der Waals surface area contributed by atoms with Crippen LogP contribution in [-0.2, 0) is 9.53 Å². The zero-order valence-electron chi connectivity index (χ0n) is 12.2. The molecule has 2 rings (SSSR count). The third kappa shape index (κ3) is 2.90. The molecule has 21 heavy (non-hydrogen) atoms. The van der Waals surface area contributed by atoms with Gasteiger partial charge in [-0.3, -0.25) is 4.79 Å². The fraction of sp³-hybridized carbons (Fsp3) is 0.333. The maximum absolute atomic E-state index is 12.3. The van der Waals surface area contributed by atoms with Crippen LogP contribution in [0, 0.1) is 13.8 Å². The SMILES string of the molecule is COCC(NC(=O)c1cccc2c(C)c(C)[nH]c12)C(=O)O. The van der Waals surface area contributed by atoms with E-state index in [2.05, 4.69) is 10.3 Å². The molecule has 1 aromatic carbocycles. The third-order valence-electron chi connectivity index (χ3n) is 3.52. The van der Waals surface area contributed by atoms with Crippen LogP contribution in [0.5, 0.6) is 0 Å². The first-order valence-corrected chi connectivity index (χ1v) is 6.56. The van der Waals surface area contributed by atoms with E-state index in [0.29, 0.717) is 11.1 Å². The van der Waals surface area contributed by atoms with Crippen molar-refractivity contribution in [3.05, 3.63) is 35.0 Å². The van der Waals surface area contributed by atoms with Crippen molar-refractivity contribution in [1.82, 2.24) is 10.3 Å². The number of ether oxygens (including phenoxy) is 1. The molecule has 0 aliphatic heterocycles. The Hall–Kier alpha value is -2.34. The smallest absolute Gasteiger partial charge is 0.328 e. The first-order chi connectivity index (χ1) is 9.95. The predicted molar refractivity (Wildman–Crippen MR) is 78.5 cm³/mol. The number of aryl methyl sites for hydroxylation is 2. The van der Waals surface area contributed by atoms with Gasteiger partial charge in [0, 0.05) is 18.2 Å². The maximum Gasteiger partial charge on any atom is 0.328 e. The van der Waals surface area contributed by atoms with Gasteiger partial charge in [0.1, 0.15) is 0 Å². The number of hydrogen-bond acceptors (Lipinski definition) is 3. The summed E-state index contributed by atoms with van der Waals surface area (Å²) in [6.45, 7) is 3.82. The van der Waals surface area contributed by atoms with E-state index in [0.717, 1.165) is 16.6 Å². The van der Waals surface area contributed by atoms with E-state index in [1.54, 1.807) is 12.1 Å². The topological polar surface area (TPSA) is 91.4 Å². The highest BCUT2D eigenvalue weighted by Crippen LogP contribution is 2.24. The van der Waals surface area contributed by atoms with E-state index < -0.39 is 17.9 Å². The fourth-order valence-electron chi connectivity index (χ4n) is 2.25. The molecule has 112 valence electrons. The molecule has 6 heteroatoms. The second-order valence-corrected chi connectivity index (χ2v) is 4.92. The molecule has 0 saturated carbocycles. The molecule has 0 spiro atoms. The van der Waals surface area contributed by atoms with E-state index >= 15 is 0 Å². The van der Waals surface area contributed by atoms with Crippen molar-refractivity contribution >= 4 is 22.8 Å². The van der Waals surface area contributed by atoms with Crippen molar-refractivity contribution in [1.29, 1.82) is 0 Å². The highest BCUT2D eigenvalue weighted by atomic mass is 16.5. The minimum Gasteiger partial charge on any atom is -0.480 e. The Morgan fingerprint density at radius 3 is 2.71 bits per heavy atom. The lowest BCUT2D eigenvalue weighted by Crippen LogP contribution is -2.43. The Morgan fingerprint density at radius 1 is 1.38 bits per heavy atom. The summed E-state index contributed by atoms with van der Waals surface area (Å²) >= 11 is 0. The normalized spacial score (nSPS) is 12.3. The molecule has 3 N–H and O–H groups in total. The van der Waals surface area contributed by atoms with Gasteiger partial charge in [0.25, 0.3) is 5.91 Å². The van der Waals surface area contributed by atoms with Crippen LogP contribution in [0.15, 0.2) is 18.2 Å². The number of benzene rings is 1. The summed E-state index contributed by atoms with van der Waals surface area (Å²) in [5, 5.41) is 12.5. The van der Waals surface area contributed by atoms with E-state index in [1.807, 2.05) is 19.9 Å². The van der Waals surface area contributed by atoms with Gasteiger partial charge in [-0.25, -0.2) is 4.79 Å². The summed E-state index contributed by atoms with van der Waals surface area (Å²) in [5.74, 6) is -1.57. The number of aromatic amines is 1. The molecule has 1 heterocycles. The number of nitrogens with one attached hydrogen (secondary N) is 2. The van der Waals surface area contributed by atoms with Gasteiger partial charge < -0.3 is 20.1 Å². The van der Waals surface area contributed by atoms with Crippen molar-refractivity contribution in [2.75, 3.05) is 13.7 Å². The number of aliphatic carboxylic acids is 1. The number of H-pyrrole nitrogens is 1. The number of hydrogen-bond donors (Lipinski definition) is 3. The van der Waals surface area contributed by atoms with Crippen LogP contribution >= 0.6 is 0 Å². The van der Waals surface area contributed by atoms with Gasteiger partial charge in [-0.05, 0) is 25.5 Å². The average Bonchev–Trinajstić information content (AvgIpc) is 2.73. The number of aromatic nitrogens is 1. The molecule has 0 fully saturated rings. The Bertz CT molecular complexity index is 690. The van der Waals surface area contributed by atoms with Crippen molar-refractivity contribution in [2.45, 2.75) is 19.9 Å². The van der Waals surface area contributed by atoms with Crippen LogP contribution in [0.2, 0.25) is 0 Å². The van der Waals surface area contributed by atoms with Gasteiger partial charge in [-0.2, -0.15) is 0 Å². The summed E-state index contributed by atoms with van der Waals surface area (Å²) < 4.78 is 4.81. The molecule has 0 bridgehead atoms. The fourth-order valence-corrected chi connectivity index (χ4v) is 2.25. The third-order valence-corrected chi connectivity index (χ3v) is 3.52. The summed E-state index contributed by atoms with van der Waals surface area (Å²) in [5.41, 5.74) is 3.20. The van der Waals surface area contributed by atoms with Crippen LogP contribution in [0.4, 0.5) is 0 Å². The number of carbonyl (C=O) groups excluding carboxylic acids is 1. The monoisotopic (exact) mass is 290 g/mol. The van der Waals surface area contributed by atoms with Crippen molar-refractivity contribution in [3.63, 3.8) is 0 Å². The van der Waals surface area contributed by atoms with Gasteiger partial charge in [0.2, 0.25) is 0 Å². The number of amides is 1. The van der Waals surface area contributed by atoms with Gasteiger partial charge >= 0.3 is 5.97 Å². The van der Waals surface area contributed by atoms with E-state index in [4.69, 9.17) is 9.84 Å². The van der Waals surface area contributed by atoms with Crippen LogP contribution < -0.4 is 5.32 Å². The molecule has 0 aliphatic rings. The second kappa shape index (κ2) is 5.97. The Labute approximate surface area is 122 Å². The minimum absolute atomic E-state index is 0.0835. The van der Waals surface area contributed by atoms with Gasteiger partial charge in [0.05, 0.1) is 17.7 Å². The van der Waals surface area contributed by atoms with E-state index in [-0.39, 0.29) is 6.61 Å². The molecule has 1 unspecified atom stereocenters. The molecule has 1 aromatic heterocycles. The van der Waals surface area contributed by atoms with Crippen LogP contribution in [0.3, 0.4) is 0 Å². The summed E-state index contributed by atoms with van der Waals surface area (Å²) in [6, 6.07) is 4.30. The number of carboxylic acid groups (broad SMARTS) is 1. The Morgan fingerprint density at radius 2 is 2.10 bits per heavy atom. The van der Waals surface area contributed by atoms with E-state index in [9.17, 15) is 9.59 Å². The van der Waals surface area contributed by atoms with Gasteiger partial charge in [0.15, 0.2) is 6.04 Å². The van der Waals surface area contributed by atoms with Crippen LogP contribution in [0.1, 0.15) is 21.6 Å². The molecule has 1 atom stereocenters. The number of fused-ring (bicyclic) bond motifs is 1. The number of carboxylic acids is 1. The number of methoxy groups -OCH3 is 1. The van der Waals surface area contributed by atoms with Crippen LogP contribution in [0.25, 0.3) is 10.9 Å². The summed E-state index contributed by atoms with van der Waals surface area (Å²) in [7, 11) is 1.39.